The minimum absolute atomic E-state index is 0.0270. The molecule has 0 bridgehead atoms. The summed E-state index contributed by atoms with van der Waals surface area (Å²) < 4.78 is 0. The minimum Gasteiger partial charge on any atom is -0.345 e. The number of thioether (sulfide) groups is 1. The van der Waals surface area contributed by atoms with Crippen LogP contribution in [0.2, 0.25) is 0 Å². The number of hydrogen-bond donors (Lipinski definition) is 1. The number of rotatable bonds is 6. The molecular weight excluding hydrogens is 326 g/mol. The Labute approximate surface area is 153 Å². The standard InChI is InChI=1S/C22H21NOS/c1-17(19-12-6-3-7-13-19)23-22(24)20-14-8-9-15-21(20)25-16-18-10-4-2-5-11-18/h2-15,17H,16H2,1H3,(H,23,24)/t17-/m1/s1. The molecule has 25 heavy (non-hydrogen) atoms. The number of amides is 1. The van der Waals surface area contributed by atoms with Crippen LogP contribution in [0.3, 0.4) is 0 Å². The highest BCUT2D eigenvalue weighted by Crippen LogP contribution is 2.26. The lowest BCUT2D eigenvalue weighted by Crippen LogP contribution is -2.27. The van der Waals surface area contributed by atoms with Gasteiger partial charge in [0.15, 0.2) is 0 Å². The number of carbonyl (C=O) groups is 1. The van der Waals surface area contributed by atoms with E-state index in [-0.39, 0.29) is 11.9 Å². The van der Waals surface area contributed by atoms with Gasteiger partial charge in [-0.1, -0.05) is 72.8 Å². The van der Waals surface area contributed by atoms with Crippen LogP contribution >= 0.6 is 11.8 Å². The summed E-state index contributed by atoms with van der Waals surface area (Å²) in [7, 11) is 0. The third-order valence-electron chi connectivity index (χ3n) is 4.02. The van der Waals surface area contributed by atoms with Crippen LogP contribution < -0.4 is 5.32 Å². The maximum Gasteiger partial charge on any atom is 0.252 e. The highest BCUT2D eigenvalue weighted by atomic mass is 32.2. The molecule has 3 heteroatoms. The lowest BCUT2D eigenvalue weighted by atomic mass is 10.1. The molecule has 1 amide bonds. The van der Waals surface area contributed by atoms with E-state index in [9.17, 15) is 4.79 Å². The Bertz CT molecular complexity index is 818. The first-order valence-corrected chi connectivity index (χ1v) is 9.34. The van der Waals surface area contributed by atoms with Crippen molar-refractivity contribution in [3.63, 3.8) is 0 Å². The second kappa shape index (κ2) is 8.54. The molecule has 0 fully saturated rings. The molecule has 0 aliphatic carbocycles. The van der Waals surface area contributed by atoms with Crippen LogP contribution in [0, 0.1) is 0 Å². The van der Waals surface area contributed by atoms with E-state index in [2.05, 4.69) is 17.4 Å². The lowest BCUT2D eigenvalue weighted by Gasteiger charge is -2.16. The predicted molar refractivity (Wildman–Crippen MR) is 105 cm³/mol. The van der Waals surface area contributed by atoms with Crippen molar-refractivity contribution in [3.8, 4) is 0 Å². The van der Waals surface area contributed by atoms with E-state index in [1.54, 1.807) is 11.8 Å². The van der Waals surface area contributed by atoms with Gasteiger partial charge in [0.25, 0.3) is 5.91 Å². The molecule has 0 spiro atoms. The third kappa shape index (κ3) is 4.74. The second-order valence-corrected chi connectivity index (χ2v) is 6.89. The molecule has 126 valence electrons. The Morgan fingerprint density at radius 3 is 2.20 bits per heavy atom. The van der Waals surface area contributed by atoms with E-state index in [4.69, 9.17) is 0 Å². The van der Waals surface area contributed by atoms with Crippen molar-refractivity contribution in [2.45, 2.75) is 23.6 Å². The Hall–Kier alpha value is -2.52. The Morgan fingerprint density at radius 2 is 1.48 bits per heavy atom. The van der Waals surface area contributed by atoms with Crippen LogP contribution in [0.25, 0.3) is 0 Å². The number of benzene rings is 3. The fraction of sp³-hybridized carbons (Fsp3) is 0.136. The molecule has 0 heterocycles. The maximum atomic E-state index is 12.7. The Morgan fingerprint density at radius 1 is 0.880 bits per heavy atom. The Kier molecular flexibility index (Phi) is 5.91. The van der Waals surface area contributed by atoms with Crippen LogP contribution in [-0.2, 0) is 5.75 Å². The van der Waals surface area contributed by atoms with E-state index in [1.807, 2.05) is 79.7 Å². The molecule has 3 aromatic rings. The molecule has 1 atom stereocenters. The summed E-state index contributed by atoms with van der Waals surface area (Å²) in [5.41, 5.74) is 3.08. The quantitative estimate of drug-likeness (QED) is 0.599. The summed E-state index contributed by atoms with van der Waals surface area (Å²) in [5.74, 6) is 0.812. The van der Waals surface area contributed by atoms with Gasteiger partial charge in [0.1, 0.15) is 0 Å². The molecular formula is C22H21NOS. The van der Waals surface area contributed by atoms with Crippen molar-refractivity contribution in [1.29, 1.82) is 0 Å². The highest BCUT2D eigenvalue weighted by molar-refractivity contribution is 7.98. The molecule has 3 rings (SSSR count). The van der Waals surface area contributed by atoms with Crippen molar-refractivity contribution in [1.82, 2.24) is 5.32 Å². The minimum atomic E-state index is -0.0347. The van der Waals surface area contributed by atoms with E-state index in [1.165, 1.54) is 5.56 Å². The van der Waals surface area contributed by atoms with Crippen molar-refractivity contribution >= 4 is 17.7 Å². The van der Waals surface area contributed by atoms with Gasteiger partial charge in [-0.15, -0.1) is 11.8 Å². The second-order valence-electron chi connectivity index (χ2n) is 5.88. The van der Waals surface area contributed by atoms with E-state index in [0.29, 0.717) is 0 Å². The topological polar surface area (TPSA) is 29.1 Å². The Balaban J connectivity index is 1.70. The molecule has 0 aliphatic heterocycles. The van der Waals surface area contributed by atoms with Crippen LogP contribution in [-0.4, -0.2) is 5.91 Å². The molecule has 1 N–H and O–H groups in total. The van der Waals surface area contributed by atoms with Crippen LogP contribution in [0.1, 0.15) is 34.5 Å². The molecule has 0 radical (unpaired) electrons. The van der Waals surface area contributed by atoms with Crippen molar-refractivity contribution in [2.24, 2.45) is 0 Å². The predicted octanol–water partition coefficient (Wildman–Crippen LogP) is 5.47. The first-order valence-electron chi connectivity index (χ1n) is 8.35. The summed E-state index contributed by atoms with van der Waals surface area (Å²) in [6, 6.07) is 28.1. The van der Waals surface area contributed by atoms with E-state index < -0.39 is 0 Å². The SMILES string of the molecule is C[C@@H](NC(=O)c1ccccc1SCc1ccccc1)c1ccccc1. The first-order chi connectivity index (χ1) is 12.2. The lowest BCUT2D eigenvalue weighted by molar-refractivity contribution is 0.0937. The molecule has 3 aromatic carbocycles. The average molecular weight is 347 g/mol. The highest BCUT2D eigenvalue weighted by Gasteiger charge is 2.14. The summed E-state index contributed by atoms with van der Waals surface area (Å²) >= 11 is 1.69. The molecule has 0 saturated carbocycles. The first kappa shape index (κ1) is 17.3. The van der Waals surface area contributed by atoms with Crippen LogP contribution in [0.5, 0.6) is 0 Å². The average Bonchev–Trinajstić information content (AvgIpc) is 2.68. The summed E-state index contributed by atoms with van der Waals surface area (Å²) in [5, 5.41) is 3.10. The van der Waals surface area contributed by atoms with Gasteiger partial charge in [-0.25, -0.2) is 0 Å². The maximum absolute atomic E-state index is 12.7. The monoisotopic (exact) mass is 347 g/mol. The van der Waals surface area contributed by atoms with Crippen molar-refractivity contribution in [2.75, 3.05) is 0 Å². The summed E-state index contributed by atoms with van der Waals surface area (Å²) in [6.07, 6.45) is 0. The van der Waals surface area contributed by atoms with Gasteiger partial charge in [0.2, 0.25) is 0 Å². The normalized spacial score (nSPS) is 11.7. The van der Waals surface area contributed by atoms with Gasteiger partial charge in [-0.2, -0.15) is 0 Å². The van der Waals surface area contributed by atoms with Gasteiger partial charge in [-0.3, -0.25) is 4.79 Å². The third-order valence-corrected chi connectivity index (χ3v) is 5.16. The van der Waals surface area contributed by atoms with Crippen LogP contribution in [0.4, 0.5) is 0 Å². The molecule has 0 saturated heterocycles. The van der Waals surface area contributed by atoms with Gasteiger partial charge < -0.3 is 5.32 Å². The number of carbonyl (C=O) groups excluding carboxylic acids is 1. The van der Waals surface area contributed by atoms with Gasteiger partial charge in [0, 0.05) is 10.6 Å². The largest absolute Gasteiger partial charge is 0.345 e. The van der Waals surface area contributed by atoms with E-state index >= 15 is 0 Å². The molecule has 0 aromatic heterocycles. The zero-order valence-electron chi connectivity index (χ0n) is 14.2. The van der Waals surface area contributed by atoms with Crippen LogP contribution in [0.15, 0.2) is 89.8 Å². The zero-order chi connectivity index (χ0) is 17.5. The van der Waals surface area contributed by atoms with Crippen molar-refractivity contribution < 1.29 is 4.79 Å². The van der Waals surface area contributed by atoms with Crippen molar-refractivity contribution in [3.05, 3.63) is 102 Å². The van der Waals surface area contributed by atoms with E-state index in [0.717, 1.165) is 21.8 Å². The molecule has 0 aliphatic rings. The molecule has 0 unspecified atom stereocenters. The zero-order valence-corrected chi connectivity index (χ0v) is 15.0. The summed E-state index contributed by atoms with van der Waals surface area (Å²) in [4.78, 5) is 13.7. The number of hydrogen-bond acceptors (Lipinski definition) is 2. The fourth-order valence-corrected chi connectivity index (χ4v) is 3.62. The smallest absolute Gasteiger partial charge is 0.252 e. The van der Waals surface area contributed by atoms with Gasteiger partial charge in [-0.05, 0) is 30.2 Å². The van der Waals surface area contributed by atoms with Gasteiger partial charge in [0.05, 0.1) is 11.6 Å². The number of nitrogens with one attached hydrogen (secondary N) is 1. The summed E-state index contributed by atoms with van der Waals surface area (Å²) in [6.45, 7) is 2.01. The van der Waals surface area contributed by atoms with Gasteiger partial charge >= 0.3 is 0 Å². The fourth-order valence-electron chi connectivity index (χ4n) is 2.61. The molecule has 2 nitrogen and oxygen atoms in total.